The first kappa shape index (κ1) is 16.0. The van der Waals surface area contributed by atoms with Gasteiger partial charge in [-0.05, 0) is 38.1 Å². The van der Waals surface area contributed by atoms with Gasteiger partial charge in [0, 0.05) is 5.69 Å². The second-order valence-corrected chi connectivity index (χ2v) is 4.59. The highest BCUT2D eigenvalue weighted by Crippen LogP contribution is 2.14. The van der Waals surface area contributed by atoms with E-state index in [0.29, 0.717) is 12.2 Å². The van der Waals surface area contributed by atoms with Crippen LogP contribution in [-0.2, 0) is 9.59 Å². The van der Waals surface area contributed by atoms with Gasteiger partial charge in [0.05, 0.1) is 13.7 Å². The van der Waals surface area contributed by atoms with E-state index >= 15 is 0 Å². The predicted octanol–water partition coefficient (Wildman–Crippen LogP) is -0.588. The van der Waals surface area contributed by atoms with Gasteiger partial charge in [-0.25, -0.2) is 0 Å². The Kier molecular flexibility index (Phi) is 5.99. The van der Waals surface area contributed by atoms with E-state index in [2.05, 4.69) is 5.32 Å². The molecule has 6 heteroatoms. The molecule has 1 unspecified atom stereocenters. The van der Waals surface area contributed by atoms with Crippen LogP contribution in [0.5, 0.6) is 5.75 Å². The van der Waals surface area contributed by atoms with Crippen molar-refractivity contribution >= 4 is 17.5 Å². The lowest BCUT2D eigenvalue weighted by atomic mass is 10.2. The van der Waals surface area contributed by atoms with Gasteiger partial charge in [0.25, 0.3) is 11.8 Å². The molecule has 0 aliphatic rings. The van der Waals surface area contributed by atoms with Gasteiger partial charge in [-0.2, -0.15) is 0 Å². The molecule has 0 fully saturated rings. The highest BCUT2D eigenvalue weighted by molar-refractivity contribution is 5.91. The summed E-state index contributed by atoms with van der Waals surface area (Å²) in [5, 5.41) is 2.78. The Morgan fingerprint density at radius 2 is 1.95 bits per heavy atom. The number of nitrogens with two attached hydrogens (primary N) is 1. The van der Waals surface area contributed by atoms with Crippen molar-refractivity contribution in [1.82, 2.24) is 0 Å². The van der Waals surface area contributed by atoms with Crippen LogP contribution in [0.15, 0.2) is 24.3 Å². The van der Waals surface area contributed by atoms with Gasteiger partial charge in [-0.15, -0.1) is 0 Å². The summed E-state index contributed by atoms with van der Waals surface area (Å²) in [6.07, 6.45) is 0. The van der Waals surface area contributed by atoms with E-state index in [9.17, 15) is 9.59 Å². The minimum Gasteiger partial charge on any atom is -0.497 e. The molecule has 20 heavy (non-hydrogen) atoms. The van der Waals surface area contributed by atoms with Crippen LogP contribution in [0.4, 0.5) is 5.69 Å². The number of hydrogen-bond donors (Lipinski definition) is 3. The minimum atomic E-state index is -0.404. The highest BCUT2D eigenvalue weighted by Gasteiger charge is 2.23. The number of methoxy groups -OCH3 is 1. The largest absolute Gasteiger partial charge is 0.497 e. The van der Waals surface area contributed by atoms with Crippen molar-refractivity contribution in [3.63, 3.8) is 0 Å². The van der Waals surface area contributed by atoms with Gasteiger partial charge in [-0.1, -0.05) is 0 Å². The fourth-order valence-corrected chi connectivity index (χ4v) is 1.87. The maximum atomic E-state index is 11.9. The monoisotopic (exact) mass is 280 g/mol. The smallest absolute Gasteiger partial charge is 0.279 e. The molecule has 2 atom stereocenters. The molecule has 0 aliphatic carbocycles. The summed E-state index contributed by atoms with van der Waals surface area (Å²) in [5.74, 6) is 0.172. The summed E-state index contributed by atoms with van der Waals surface area (Å²) in [5.41, 5.74) is 5.96. The van der Waals surface area contributed by atoms with Gasteiger partial charge in [0.1, 0.15) is 5.75 Å². The van der Waals surface area contributed by atoms with Crippen molar-refractivity contribution in [3.05, 3.63) is 24.3 Å². The van der Waals surface area contributed by atoms with Gasteiger partial charge >= 0.3 is 0 Å². The van der Waals surface area contributed by atoms with Crippen molar-refractivity contribution in [2.75, 3.05) is 25.5 Å². The molecule has 1 rings (SSSR count). The Balaban J connectivity index is 2.59. The molecule has 0 radical (unpaired) electrons. The molecule has 0 heterocycles. The van der Waals surface area contributed by atoms with Crippen molar-refractivity contribution < 1.29 is 19.2 Å². The predicted molar refractivity (Wildman–Crippen MR) is 76.7 cm³/mol. The number of carbonyl (C=O) groups is 2. The number of hydrogen-bond acceptors (Lipinski definition) is 3. The number of carbonyl (C=O) groups excluding carboxylic acids is 2. The zero-order valence-electron chi connectivity index (χ0n) is 12.1. The van der Waals surface area contributed by atoms with Crippen LogP contribution in [0, 0.1) is 0 Å². The number of ether oxygens (including phenoxy) is 1. The van der Waals surface area contributed by atoms with E-state index in [1.807, 2.05) is 6.92 Å². The zero-order valence-corrected chi connectivity index (χ0v) is 12.1. The number of quaternary nitrogens is 1. The zero-order chi connectivity index (χ0) is 15.1. The van der Waals surface area contributed by atoms with E-state index in [1.54, 1.807) is 38.3 Å². The van der Waals surface area contributed by atoms with Gasteiger partial charge in [-0.3, -0.25) is 9.59 Å². The Bertz CT molecular complexity index is 459. The topological polar surface area (TPSA) is 85.9 Å². The second kappa shape index (κ2) is 7.49. The molecule has 0 aliphatic heterocycles. The lowest BCUT2D eigenvalue weighted by Gasteiger charge is -2.21. The first-order chi connectivity index (χ1) is 9.47. The summed E-state index contributed by atoms with van der Waals surface area (Å²) in [7, 11) is 1.58. The molecule has 0 saturated heterocycles. The van der Waals surface area contributed by atoms with Crippen molar-refractivity contribution in [2.24, 2.45) is 5.73 Å². The van der Waals surface area contributed by atoms with E-state index in [-0.39, 0.29) is 18.5 Å². The Morgan fingerprint density at radius 1 is 1.35 bits per heavy atom. The molecular weight excluding hydrogens is 258 g/mol. The first-order valence-electron chi connectivity index (χ1n) is 6.55. The fourth-order valence-electron chi connectivity index (χ4n) is 1.87. The fraction of sp³-hybridized carbons (Fsp3) is 0.429. The molecule has 0 saturated carbocycles. The molecule has 110 valence electrons. The first-order valence-corrected chi connectivity index (χ1v) is 6.55. The van der Waals surface area contributed by atoms with E-state index in [4.69, 9.17) is 10.5 Å². The Morgan fingerprint density at radius 3 is 2.40 bits per heavy atom. The van der Waals surface area contributed by atoms with Crippen molar-refractivity contribution in [1.29, 1.82) is 0 Å². The third kappa shape index (κ3) is 4.55. The number of likely N-dealkylation sites (N-methyl/N-ethyl adjacent to an activating group) is 1. The van der Waals surface area contributed by atoms with Gasteiger partial charge in [0.15, 0.2) is 12.6 Å². The average molecular weight is 280 g/mol. The number of primary amides is 1. The third-order valence-electron chi connectivity index (χ3n) is 3.25. The van der Waals surface area contributed by atoms with Crippen LogP contribution in [0.1, 0.15) is 13.8 Å². The number of anilines is 1. The molecule has 0 spiro atoms. The maximum absolute atomic E-state index is 11.9. The lowest BCUT2D eigenvalue weighted by Crippen LogP contribution is -3.17. The normalized spacial score (nSPS) is 13.3. The summed E-state index contributed by atoms with van der Waals surface area (Å²) in [4.78, 5) is 24.0. The molecule has 1 aromatic rings. The van der Waals surface area contributed by atoms with Gasteiger partial charge < -0.3 is 20.7 Å². The molecule has 0 bridgehead atoms. The van der Waals surface area contributed by atoms with E-state index in [0.717, 1.165) is 10.6 Å². The number of benzene rings is 1. The maximum Gasteiger partial charge on any atom is 0.279 e. The minimum absolute atomic E-state index is 0.153. The average Bonchev–Trinajstić information content (AvgIpc) is 2.44. The quantitative estimate of drug-likeness (QED) is 0.624. The van der Waals surface area contributed by atoms with Gasteiger partial charge in [0.2, 0.25) is 0 Å². The highest BCUT2D eigenvalue weighted by atomic mass is 16.5. The van der Waals surface area contributed by atoms with Crippen LogP contribution in [0.3, 0.4) is 0 Å². The standard InChI is InChI=1S/C14H21N3O3/c1-4-17(10(2)14(15)19)9-13(18)16-11-5-7-12(20-3)8-6-11/h5-8,10H,4,9H2,1-3H3,(H2,15,19)(H,16,18)/p+1/t10-/m1/s1. The molecule has 4 N–H and O–H groups in total. The molecule has 6 nitrogen and oxygen atoms in total. The number of rotatable bonds is 7. The van der Waals surface area contributed by atoms with Crippen molar-refractivity contribution in [3.8, 4) is 5.75 Å². The summed E-state index contributed by atoms with van der Waals surface area (Å²) in [6.45, 7) is 4.49. The molecular formula is C14H22N3O3+. The summed E-state index contributed by atoms with van der Waals surface area (Å²) in [6, 6.07) is 6.68. The molecule has 0 aromatic heterocycles. The lowest BCUT2D eigenvalue weighted by molar-refractivity contribution is -0.904. The molecule has 2 amide bonds. The Hall–Kier alpha value is -2.08. The SMILES string of the molecule is CC[NH+](CC(=O)Nc1ccc(OC)cc1)[C@H](C)C(N)=O. The van der Waals surface area contributed by atoms with Crippen LogP contribution < -0.4 is 20.7 Å². The van der Waals surface area contributed by atoms with Crippen LogP contribution in [0.2, 0.25) is 0 Å². The summed E-state index contributed by atoms with van der Waals surface area (Å²) >= 11 is 0. The Labute approximate surface area is 118 Å². The van der Waals surface area contributed by atoms with Crippen LogP contribution in [-0.4, -0.2) is 38.1 Å². The van der Waals surface area contributed by atoms with Crippen LogP contribution in [0.25, 0.3) is 0 Å². The number of amides is 2. The van der Waals surface area contributed by atoms with E-state index < -0.39 is 5.91 Å². The molecule has 1 aromatic carbocycles. The second-order valence-electron chi connectivity index (χ2n) is 4.59. The number of nitrogens with one attached hydrogen (secondary N) is 2. The third-order valence-corrected chi connectivity index (χ3v) is 3.25. The summed E-state index contributed by atoms with van der Waals surface area (Å²) < 4.78 is 5.05. The van der Waals surface area contributed by atoms with Crippen LogP contribution >= 0.6 is 0 Å². The van der Waals surface area contributed by atoms with Crippen molar-refractivity contribution in [2.45, 2.75) is 19.9 Å². The van der Waals surface area contributed by atoms with E-state index in [1.165, 1.54) is 0 Å².